The number of alkyl halides is 1. The lowest BCUT2D eigenvalue weighted by Gasteiger charge is -2.23. The van der Waals surface area contributed by atoms with Crippen LogP contribution < -0.4 is 16.0 Å². The number of rotatable bonds is 12. The summed E-state index contributed by atoms with van der Waals surface area (Å²) >= 11 is 5.36. The standard InChI is InChI=1S/C17H30ClN3O4.2C2H6/c1-5-13(22)12(4)20-17(25)16(11(2)3)21-14(23)8-6-7-9-19-15(24)10-18;2*1-2/h11-12,16H,5-10H2,1-4H3,(H,19,24)(H,20,25)(H,21,23);2*1-2H3/t12-,16?;;/m0../s1. The molecule has 3 amide bonds. The summed E-state index contributed by atoms with van der Waals surface area (Å²) in [4.78, 5) is 46.9. The predicted octanol–water partition coefficient (Wildman–Crippen LogP) is 3.19. The molecule has 0 saturated heterocycles. The molecule has 0 spiro atoms. The number of nitrogens with one attached hydrogen (secondary N) is 3. The molecule has 0 radical (unpaired) electrons. The number of amides is 3. The summed E-state index contributed by atoms with van der Waals surface area (Å²) in [7, 11) is 0. The largest absolute Gasteiger partial charge is 0.355 e. The van der Waals surface area contributed by atoms with E-state index < -0.39 is 12.1 Å². The first-order valence-electron chi connectivity index (χ1n) is 10.7. The SMILES string of the molecule is CC.CC.CCC(=O)[C@H](C)NC(=O)C(NC(=O)CCCCNC(=O)CCl)C(C)C. The summed E-state index contributed by atoms with van der Waals surface area (Å²) in [5.74, 6) is -1.06. The summed E-state index contributed by atoms with van der Waals surface area (Å²) in [6, 6.07) is -1.25. The second-order valence-corrected chi connectivity index (χ2v) is 6.55. The van der Waals surface area contributed by atoms with Gasteiger partial charge in [-0.3, -0.25) is 19.2 Å². The Morgan fingerprint density at radius 1 is 0.862 bits per heavy atom. The Kier molecular flexibility index (Phi) is 23.3. The third kappa shape index (κ3) is 17.0. The van der Waals surface area contributed by atoms with Crippen LogP contribution in [0.15, 0.2) is 0 Å². The average molecular weight is 436 g/mol. The van der Waals surface area contributed by atoms with Gasteiger partial charge in [0.1, 0.15) is 11.9 Å². The van der Waals surface area contributed by atoms with Crippen molar-refractivity contribution in [1.29, 1.82) is 0 Å². The lowest BCUT2D eigenvalue weighted by atomic mass is 10.0. The van der Waals surface area contributed by atoms with Gasteiger partial charge in [-0.1, -0.05) is 48.5 Å². The molecule has 2 atom stereocenters. The fraction of sp³-hybridized carbons (Fsp3) is 0.810. The Labute approximate surface area is 182 Å². The van der Waals surface area contributed by atoms with Crippen molar-refractivity contribution in [2.45, 2.75) is 93.2 Å². The number of halogens is 1. The van der Waals surface area contributed by atoms with Crippen LogP contribution in [0, 0.1) is 5.92 Å². The van der Waals surface area contributed by atoms with E-state index in [1.807, 2.05) is 41.5 Å². The van der Waals surface area contributed by atoms with Crippen molar-refractivity contribution >= 4 is 35.1 Å². The number of hydrogen-bond acceptors (Lipinski definition) is 4. The highest BCUT2D eigenvalue weighted by Gasteiger charge is 2.26. The van der Waals surface area contributed by atoms with Crippen molar-refractivity contribution in [3.63, 3.8) is 0 Å². The van der Waals surface area contributed by atoms with E-state index in [4.69, 9.17) is 11.6 Å². The van der Waals surface area contributed by atoms with Gasteiger partial charge in [0.15, 0.2) is 5.78 Å². The zero-order valence-electron chi connectivity index (χ0n) is 19.5. The van der Waals surface area contributed by atoms with Crippen LogP contribution in [0.4, 0.5) is 0 Å². The lowest BCUT2D eigenvalue weighted by molar-refractivity contribution is -0.132. The Balaban J connectivity index is -0.00000158. The highest BCUT2D eigenvalue weighted by atomic mass is 35.5. The molecule has 0 aliphatic heterocycles. The molecule has 29 heavy (non-hydrogen) atoms. The van der Waals surface area contributed by atoms with E-state index in [0.29, 0.717) is 25.8 Å². The molecule has 0 aliphatic carbocycles. The van der Waals surface area contributed by atoms with Crippen molar-refractivity contribution in [3.8, 4) is 0 Å². The molecule has 0 saturated carbocycles. The summed E-state index contributed by atoms with van der Waals surface area (Å²) < 4.78 is 0. The van der Waals surface area contributed by atoms with Crippen LogP contribution >= 0.6 is 11.6 Å². The van der Waals surface area contributed by atoms with Gasteiger partial charge in [0.25, 0.3) is 0 Å². The number of carbonyl (C=O) groups is 4. The molecular formula is C21H42ClN3O4. The normalized spacial score (nSPS) is 11.7. The minimum atomic E-state index is -0.685. The maximum atomic E-state index is 12.3. The maximum absolute atomic E-state index is 12.3. The fourth-order valence-electron chi connectivity index (χ4n) is 2.16. The van der Waals surface area contributed by atoms with Gasteiger partial charge in [0.05, 0.1) is 6.04 Å². The van der Waals surface area contributed by atoms with Crippen molar-refractivity contribution < 1.29 is 19.2 Å². The summed E-state index contributed by atoms with van der Waals surface area (Å²) in [5.41, 5.74) is 0. The van der Waals surface area contributed by atoms with E-state index in [-0.39, 0.29) is 41.7 Å². The Hall–Kier alpha value is -1.63. The van der Waals surface area contributed by atoms with E-state index in [9.17, 15) is 19.2 Å². The van der Waals surface area contributed by atoms with Crippen LogP contribution in [0.1, 0.15) is 81.1 Å². The van der Waals surface area contributed by atoms with E-state index in [1.54, 1.807) is 13.8 Å². The average Bonchev–Trinajstić information content (AvgIpc) is 2.73. The van der Waals surface area contributed by atoms with Crippen molar-refractivity contribution in [2.24, 2.45) is 5.92 Å². The summed E-state index contributed by atoms with van der Waals surface area (Å²) in [6.45, 7) is 15.5. The number of carbonyl (C=O) groups excluding carboxylic acids is 4. The van der Waals surface area contributed by atoms with Crippen LogP contribution in [-0.4, -0.2) is 48.0 Å². The molecule has 172 valence electrons. The highest BCUT2D eigenvalue weighted by Crippen LogP contribution is 2.05. The lowest BCUT2D eigenvalue weighted by Crippen LogP contribution is -2.52. The van der Waals surface area contributed by atoms with Gasteiger partial charge in [-0.05, 0) is 25.7 Å². The van der Waals surface area contributed by atoms with Crippen LogP contribution in [0.3, 0.4) is 0 Å². The maximum Gasteiger partial charge on any atom is 0.243 e. The van der Waals surface area contributed by atoms with Crippen molar-refractivity contribution in [1.82, 2.24) is 16.0 Å². The number of ketones is 1. The third-order valence-electron chi connectivity index (χ3n) is 3.73. The molecule has 0 bridgehead atoms. The van der Waals surface area contributed by atoms with Gasteiger partial charge in [-0.2, -0.15) is 0 Å². The molecule has 0 aromatic carbocycles. The zero-order valence-corrected chi connectivity index (χ0v) is 20.2. The molecule has 7 nitrogen and oxygen atoms in total. The van der Waals surface area contributed by atoms with Gasteiger partial charge in [0.2, 0.25) is 17.7 Å². The first-order chi connectivity index (χ1) is 13.7. The Bertz CT molecular complexity index is 471. The van der Waals surface area contributed by atoms with Crippen LogP contribution in [-0.2, 0) is 19.2 Å². The van der Waals surface area contributed by atoms with Gasteiger partial charge in [-0.25, -0.2) is 0 Å². The smallest absolute Gasteiger partial charge is 0.243 e. The molecular weight excluding hydrogens is 394 g/mol. The minimum Gasteiger partial charge on any atom is -0.355 e. The fourth-order valence-corrected chi connectivity index (χ4v) is 2.25. The molecule has 0 aromatic heterocycles. The summed E-state index contributed by atoms with van der Waals surface area (Å²) in [5, 5.41) is 7.99. The number of Topliss-reactive ketones (excluding diaryl/α,β-unsaturated/α-hetero) is 1. The molecule has 8 heteroatoms. The molecule has 0 fully saturated rings. The monoisotopic (exact) mass is 435 g/mol. The molecule has 0 aromatic rings. The Morgan fingerprint density at radius 3 is 1.86 bits per heavy atom. The molecule has 1 unspecified atom stereocenters. The van der Waals surface area contributed by atoms with Crippen LogP contribution in [0.2, 0.25) is 0 Å². The second-order valence-electron chi connectivity index (χ2n) is 6.28. The van der Waals surface area contributed by atoms with E-state index in [0.717, 1.165) is 0 Å². The topological polar surface area (TPSA) is 104 Å². The molecule has 3 N–H and O–H groups in total. The Morgan fingerprint density at radius 2 is 1.41 bits per heavy atom. The second kappa shape index (κ2) is 21.1. The quantitative estimate of drug-likeness (QED) is 0.323. The zero-order chi connectivity index (χ0) is 23.4. The van der Waals surface area contributed by atoms with Gasteiger partial charge in [0, 0.05) is 19.4 Å². The van der Waals surface area contributed by atoms with E-state index in [2.05, 4.69) is 16.0 Å². The van der Waals surface area contributed by atoms with Crippen LogP contribution in [0.5, 0.6) is 0 Å². The third-order valence-corrected chi connectivity index (χ3v) is 3.97. The van der Waals surface area contributed by atoms with Gasteiger partial charge in [-0.15, -0.1) is 11.6 Å². The summed E-state index contributed by atoms with van der Waals surface area (Å²) in [6.07, 6.45) is 1.85. The number of hydrogen-bond donors (Lipinski definition) is 3. The van der Waals surface area contributed by atoms with Crippen molar-refractivity contribution in [2.75, 3.05) is 12.4 Å². The van der Waals surface area contributed by atoms with Gasteiger partial charge >= 0.3 is 0 Å². The first kappa shape index (κ1) is 32.0. The van der Waals surface area contributed by atoms with Gasteiger partial charge < -0.3 is 16.0 Å². The molecule has 0 aliphatic rings. The molecule has 0 rings (SSSR count). The predicted molar refractivity (Wildman–Crippen MR) is 120 cm³/mol. The van der Waals surface area contributed by atoms with Crippen LogP contribution in [0.25, 0.3) is 0 Å². The highest BCUT2D eigenvalue weighted by molar-refractivity contribution is 6.27. The minimum absolute atomic E-state index is 0.0545. The molecule has 0 heterocycles. The van der Waals surface area contributed by atoms with E-state index >= 15 is 0 Å². The number of unbranched alkanes of at least 4 members (excludes halogenated alkanes) is 1. The van der Waals surface area contributed by atoms with E-state index in [1.165, 1.54) is 0 Å². The van der Waals surface area contributed by atoms with Crippen molar-refractivity contribution in [3.05, 3.63) is 0 Å². The first-order valence-corrected chi connectivity index (χ1v) is 11.2.